The van der Waals surface area contributed by atoms with Crippen LogP contribution in [-0.2, 0) is 0 Å². The highest BCUT2D eigenvalue weighted by atomic mass is 16.2. The van der Waals surface area contributed by atoms with Crippen molar-refractivity contribution in [2.75, 3.05) is 19.6 Å². The minimum Gasteiger partial charge on any atom is -0.345 e. The summed E-state index contributed by atoms with van der Waals surface area (Å²) in [6.07, 6.45) is 1.64. The predicted octanol–water partition coefficient (Wildman–Crippen LogP) is 0.997. The largest absolute Gasteiger partial charge is 0.345 e. The summed E-state index contributed by atoms with van der Waals surface area (Å²) in [5, 5.41) is 3.33. The van der Waals surface area contributed by atoms with Gasteiger partial charge in [0.15, 0.2) is 0 Å². The molecule has 5 nitrogen and oxygen atoms in total. The lowest BCUT2D eigenvalue weighted by molar-refractivity contribution is 0.0709. The quantitative estimate of drug-likeness (QED) is 0.786. The molecule has 2 aromatic rings. The lowest BCUT2D eigenvalue weighted by Crippen LogP contribution is -2.51. The zero-order valence-electron chi connectivity index (χ0n) is 10.3. The van der Waals surface area contributed by atoms with Crippen LogP contribution < -0.4 is 5.32 Å². The van der Waals surface area contributed by atoms with E-state index in [1.165, 1.54) is 0 Å². The summed E-state index contributed by atoms with van der Waals surface area (Å²) >= 11 is 0. The van der Waals surface area contributed by atoms with Crippen LogP contribution in [0.4, 0.5) is 0 Å². The van der Waals surface area contributed by atoms with E-state index in [0.717, 1.165) is 36.2 Å². The number of hydrogen-bond acceptors (Lipinski definition) is 3. The van der Waals surface area contributed by atoms with Crippen LogP contribution in [0.5, 0.6) is 0 Å². The number of hydrogen-bond donors (Lipinski definition) is 2. The Balaban J connectivity index is 1.86. The minimum atomic E-state index is 0.0971. The summed E-state index contributed by atoms with van der Waals surface area (Å²) in [5.41, 5.74) is 2.52. The Morgan fingerprint density at radius 2 is 2.39 bits per heavy atom. The van der Waals surface area contributed by atoms with Gasteiger partial charge in [-0.15, -0.1) is 0 Å². The molecule has 0 radical (unpaired) electrons. The number of H-pyrrole nitrogens is 1. The lowest BCUT2D eigenvalue weighted by Gasteiger charge is -2.31. The van der Waals surface area contributed by atoms with E-state index in [0.29, 0.717) is 6.04 Å². The van der Waals surface area contributed by atoms with Crippen molar-refractivity contribution in [1.82, 2.24) is 20.2 Å². The van der Waals surface area contributed by atoms with E-state index >= 15 is 0 Å². The minimum absolute atomic E-state index is 0.0971. The maximum Gasteiger partial charge on any atom is 0.254 e. The van der Waals surface area contributed by atoms with Gasteiger partial charge in [-0.3, -0.25) is 4.79 Å². The number of nitrogens with one attached hydrogen (secondary N) is 2. The van der Waals surface area contributed by atoms with Crippen LogP contribution in [-0.4, -0.2) is 46.5 Å². The predicted molar refractivity (Wildman–Crippen MR) is 69.5 cm³/mol. The van der Waals surface area contributed by atoms with Gasteiger partial charge in [-0.05, 0) is 25.1 Å². The van der Waals surface area contributed by atoms with Crippen molar-refractivity contribution in [3.8, 4) is 0 Å². The molecular weight excluding hydrogens is 228 g/mol. The van der Waals surface area contributed by atoms with Gasteiger partial charge in [-0.2, -0.15) is 0 Å². The maximum absolute atomic E-state index is 12.4. The topological polar surface area (TPSA) is 61.0 Å². The van der Waals surface area contributed by atoms with E-state index in [-0.39, 0.29) is 5.91 Å². The Labute approximate surface area is 105 Å². The van der Waals surface area contributed by atoms with Gasteiger partial charge in [0, 0.05) is 31.2 Å². The Morgan fingerprint density at radius 3 is 3.22 bits per heavy atom. The molecule has 0 unspecified atom stereocenters. The van der Waals surface area contributed by atoms with E-state index in [1.54, 1.807) is 6.33 Å². The molecule has 94 valence electrons. The highest BCUT2D eigenvalue weighted by Crippen LogP contribution is 2.14. The first-order valence-electron chi connectivity index (χ1n) is 6.20. The first kappa shape index (κ1) is 11.2. The van der Waals surface area contributed by atoms with Crippen LogP contribution in [0.25, 0.3) is 11.0 Å². The Bertz CT molecular complexity index is 577. The molecule has 1 saturated heterocycles. The van der Waals surface area contributed by atoms with E-state index in [9.17, 15) is 4.79 Å². The molecule has 18 heavy (non-hydrogen) atoms. The molecular formula is C13H16N4O. The number of rotatable bonds is 1. The monoisotopic (exact) mass is 244 g/mol. The average Bonchev–Trinajstić information content (AvgIpc) is 2.85. The summed E-state index contributed by atoms with van der Waals surface area (Å²) in [7, 11) is 0. The third-order valence-electron chi connectivity index (χ3n) is 3.32. The van der Waals surface area contributed by atoms with Crippen LogP contribution in [0.2, 0.25) is 0 Å². The van der Waals surface area contributed by atoms with Crippen molar-refractivity contribution in [1.29, 1.82) is 0 Å². The highest BCUT2D eigenvalue weighted by Gasteiger charge is 2.21. The van der Waals surface area contributed by atoms with Gasteiger partial charge in [0.1, 0.15) is 0 Å². The molecule has 2 N–H and O–H groups in total. The Morgan fingerprint density at radius 1 is 1.50 bits per heavy atom. The molecule has 1 fully saturated rings. The molecule has 1 aromatic heterocycles. The van der Waals surface area contributed by atoms with Crippen LogP contribution in [0.15, 0.2) is 24.5 Å². The number of piperazine rings is 1. The van der Waals surface area contributed by atoms with Gasteiger partial charge in [0.05, 0.1) is 17.4 Å². The summed E-state index contributed by atoms with van der Waals surface area (Å²) in [6, 6.07) is 5.96. The van der Waals surface area contributed by atoms with E-state index in [2.05, 4.69) is 22.2 Å². The van der Waals surface area contributed by atoms with Crippen molar-refractivity contribution < 1.29 is 4.79 Å². The summed E-state index contributed by atoms with van der Waals surface area (Å²) < 4.78 is 0. The molecule has 1 aliphatic heterocycles. The molecule has 0 bridgehead atoms. The number of nitrogens with zero attached hydrogens (tertiary/aromatic N) is 2. The van der Waals surface area contributed by atoms with Gasteiger partial charge in [-0.25, -0.2) is 4.98 Å². The third-order valence-corrected chi connectivity index (χ3v) is 3.32. The van der Waals surface area contributed by atoms with E-state index in [4.69, 9.17) is 0 Å². The van der Waals surface area contributed by atoms with E-state index < -0.39 is 0 Å². The third kappa shape index (κ3) is 1.97. The van der Waals surface area contributed by atoms with Crippen LogP contribution in [0.3, 0.4) is 0 Å². The van der Waals surface area contributed by atoms with Crippen molar-refractivity contribution in [2.45, 2.75) is 13.0 Å². The van der Waals surface area contributed by atoms with Gasteiger partial charge in [0.2, 0.25) is 0 Å². The second-order valence-corrected chi connectivity index (χ2v) is 4.74. The van der Waals surface area contributed by atoms with E-state index in [1.807, 2.05) is 23.1 Å². The second kappa shape index (κ2) is 4.42. The average molecular weight is 244 g/mol. The molecule has 1 aliphatic rings. The lowest BCUT2D eigenvalue weighted by atomic mass is 10.1. The number of aromatic amines is 1. The van der Waals surface area contributed by atoms with Gasteiger partial charge < -0.3 is 15.2 Å². The summed E-state index contributed by atoms with van der Waals surface area (Å²) in [5.74, 6) is 0.0971. The van der Waals surface area contributed by atoms with Crippen molar-refractivity contribution in [2.24, 2.45) is 0 Å². The smallest absolute Gasteiger partial charge is 0.254 e. The van der Waals surface area contributed by atoms with Crippen molar-refractivity contribution in [3.63, 3.8) is 0 Å². The van der Waals surface area contributed by atoms with Crippen LogP contribution in [0.1, 0.15) is 17.3 Å². The fraction of sp³-hybridized carbons (Fsp3) is 0.385. The maximum atomic E-state index is 12.4. The van der Waals surface area contributed by atoms with Gasteiger partial charge in [0.25, 0.3) is 5.91 Å². The number of carbonyl (C=O) groups excluding carboxylic acids is 1. The number of aromatic nitrogens is 2. The van der Waals surface area contributed by atoms with Gasteiger partial charge >= 0.3 is 0 Å². The number of imidazole rings is 1. The molecule has 1 amide bonds. The van der Waals surface area contributed by atoms with Crippen LogP contribution >= 0.6 is 0 Å². The summed E-state index contributed by atoms with van der Waals surface area (Å²) in [4.78, 5) is 21.5. The molecule has 3 rings (SSSR count). The molecule has 2 heterocycles. The molecule has 0 aliphatic carbocycles. The number of amides is 1. The molecule has 1 aromatic carbocycles. The molecule has 0 spiro atoms. The molecule has 5 heteroatoms. The van der Waals surface area contributed by atoms with Crippen molar-refractivity contribution >= 4 is 16.9 Å². The normalized spacial score (nSPS) is 20.3. The SMILES string of the molecule is C[C@@H]1CN(C(=O)c2ccc3nc[nH]c3c2)CCN1. The first-order chi connectivity index (χ1) is 8.74. The molecule has 1 atom stereocenters. The van der Waals surface area contributed by atoms with Crippen molar-refractivity contribution in [3.05, 3.63) is 30.1 Å². The fourth-order valence-corrected chi connectivity index (χ4v) is 2.37. The number of carbonyl (C=O) groups is 1. The van der Waals surface area contributed by atoms with Crippen LogP contribution in [0, 0.1) is 0 Å². The Kier molecular flexibility index (Phi) is 2.76. The number of fused-ring (bicyclic) bond motifs is 1. The Hall–Kier alpha value is -1.88. The van der Waals surface area contributed by atoms with Gasteiger partial charge in [-0.1, -0.05) is 0 Å². The molecule has 0 saturated carbocycles. The fourth-order valence-electron chi connectivity index (χ4n) is 2.37. The zero-order chi connectivity index (χ0) is 12.5. The summed E-state index contributed by atoms with van der Waals surface area (Å²) in [6.45, 7) is 4.49. The first-order valence-corrected chi connectivity index (χ1v) is 6.20. The second-order valence-electron chi connectivity index (χ2n) is 4.74. The zero-order valence-corrected chi connectivity index (χ0v) is 10.3. The highest BCUT2D eigenvalue weighted by molar-refractivity contribution is 5.97. The number of benzene rings is 1. The standard InChI is InChI=1S/C13H16N4O/c1-9-7-17(5-4-14-9)13(18)10-2-3-11-12(6-10)16-8-15-11/h2-3,6,8-9,14H,4-5,7H2,1H3,(H,15,16)/t9-/m1/s1.